The summed E-state index contributed by atoms with van der Waals surface area (Å²) >= 11 is 1.95. The smallest absolute Gasteiger partial charge is 0.227 e. The normalized spacial score (nSPS) is 23.2. The molecule has 5 heteroatoms. The first-order valence-electron chi connectivity index (χ1n) is 21.6. The fourth-order valence-corrected chi connectivity index (χ4v) is 12.8. The van der Waals surface area contributed by atoms with Crippen LogP contribution < -0.4 is 10.2 Å². The van der Waals surface area contributed by atoms with Crippen molar-refractivity contribution in [2.75, 3.05) is 11.9 Å². The van der Waals surface area contributed by atoms with Crippen molar-refractivity contribution in [3.63, 3.8) is 0 Å². The lowest BCUT2D eigenvalue weighted by molar-refractivity contribution is -0.763. The van der Waals surface area contributed by atoms with Gasteiger partial charge < -0.3 is 10.2 Å². The number of fused-ring (bicyclic) bond motifs is 11. The Morgan fingerprint density at radius 2 is 1.48 bits per heavy atom. The Bertz CT molecular complexity index is 3240. The van der Waals surface area contributed by atoms with Crippen molar-refractivity contribution in [2.45, 2.75) is 49.6 Å². The fourth-order valence-electron chi connectivity index (χ4n) is 11.5. The Labute approximate surface area is 354 Å². The molecule has 5 unspecified atom stereocenters. The average Bonchev–Trinajstić information content (AvgIpc) is 3.96. The zero-order chi connectivity index (χ0) is 39.5. The highest BCUT2D eigenvalue weighted by Gasteiger charge is 2.44. The molecular weight excluding hydrogens is 749 g/mol. The van der Waals surface area contributed by atoms with Crippen molar-refractivity contribution in [3.05, 3.63) is 203 Å². The van der Waals surface area contributed by atoms with Crippen LogP contribution in [0.2, 0.25) is 0 Å². The summed E-state index contributed by atoms with van der Waals surface area (Å²) in [6.07, 6.45) is 22.1. The van der Waals surface area contributed by atoms with Gasteiger partial charge in [-0.15, -0.1) is 11.3 Å². The number of nitrogens with zero attached hydrogens (tertiary/aromatic N) is 3. The second kappa shape index (κ2) is 13.4. The van der Waals surface area contributed by atoms with Gasteiger partial charge in [0, 0.05) is 65.8 Å². The van der Waals surface area contributed by atoms with Crippen LogP contribution in [0.5, 0.6) is 0 Å². The van der Waals surface area contributed by atoms with Gasteiger partial charge in [-0.05, 0) is 83.9 Å². The van der Waals surface area contributed by atoms with Crippen LogP contribution in [-0.4, -0.2) is 28.6 Å². The number of aromatic nitrogens is 1. The van der Waals surface area contributed by atoms with E-state index in [1.165, 1.54) is 92.3 Å². The molecule has 0 radical (unpaired) electrons. The van der Waals surface area contributed by atoms with Crippen molar-refractivity contribution in [1.82, 2.24) is 9.47 Å². The minimum absolute atomic E-state index is 0.0893. The van der Waals surface area contributed by atoms with Gasteiger partial charge in [0.05, 0.1) is 23.3 Å². The molecule has 2 aliphatic heterocycles. The minimum atomic E-state index is 0.0893. The molecule has 0 amide bonds. The minimum Gasteiger partial charge on any atom is -0.332 e. The molecule has 0 bridgehead atoms. The molecule has 60 heavy (non-hydrogen) atoms. The second-order valence-electron chi connectivity index (χ2n) is 17.3. The van der Waals surface area contributed by atoms with Gasteiger partial charge in [-0.3, -0.25) is 4.57 Å². The van der Waals surface area contributed by atoms with Crippen LogP contribution in [0, 0.1) is 0 Å². The van der Waals surface area contributed by atoms with Gasteiger partial charge in [-0.2, -0.15) is 0 Å². The summed E-state index contributed by atoms with van der Waals surface area (Å²) in [5.41, 5.74) is 13.9. The maximum absolute atomic E-state index is 2.67. The molecular formula is C55H45N4S+. The van der Waals surface area contributed by atoms with Crippen LogP contribution >= 0.6 is 11.3 Å². The van der Waals surface area contributed by atoms with Gasteiger partial charge >= 0.3 is 0 Å². The Hall–Kier alpha value is -6.24. The van der Waals surface area contributed by atoms with E-state index in [0.717, 1.165) is 19.3 Å². The monoisotopic (exact) mass is 793 g/mol. The molecule has 4 heterocycles. The summed E-state index contributed by atoms with van der Waals surface area (Å²) in [5, 5.41) is 9.33. The van der Waals surface area contributed by atoms with Gasteiger partial charge in [0.25, 0.3) is 0 Å². The summed E-state index contributed by atoms with van der Waals surface area (Å²) in [6, 6.07) is 48.8. The van der Waals surface area contributed by atoms with Crippen molar-refractivity contribution >= 4 is 76.2 Å². The molecule has 13 rings (SSSR count). The fraction of sp³-hybridized carbons (Fsp3) is 0.164. The number of quaternary nitrogens is 1. The van der Waals surface area contributed by atoms with Gasteiger partial charge in [-0.25, -0.2) is 4.90 Å². The quantitative estimate of drug-likeness (QED) is 0.192. The van der Waals surface area contributed by atoms with E-state index in [4.69, 9.17) is 0 Å². The summed E-state index contributed by atoms with van der Waals surface area (Å²) in [5.74, 6) is 0.288. The Balaban J connectivity index is 0.899. The van der Waals surface area contributed by atoms with Crippen molar-refractivity contribution in [3.8, 4) is 0 Å². The predicted molar refractivity (Wildman–Crippen MR) is 252 cm³/mol. The molecule has 8 aromatic rings. The third kappa shape index (κ3) is 5.03. The van der Waals surface area contributed by atoms with Crippen LogP contribution in [0.4, 0.5) is 11.4 Å². The van der Waals surface area contributed by atoms with Gasteiger partial charge in [-0.1, -0.05) is 140 Å². The van der Waals surface area contributed by atoms with Gasteiger partial charge in [0.15, 0.2) is 0 Å². The van der Waals surface area contributed by atoms with E-state index < -0.39 is 0 Å². The number of likely N-dealkylation sites (N-methyl/N-ethyl adjacent to an activating group) is 1. The first-order valence-corrected chi connectivity index (χ1v) is 22.4. The average molecular weight is 794 g/mol. The van der Waals surface area contributed by atoms with Crippen molar-refractivity contribution < 1.29 is 5.32 Å². The molecule has 290 valence electrons. The van der Waals surface area contributed by atoms with Crippen LogP contribution in [0.25, 0.3) is 53.5 Å². The highest BCUT2D eigenvalue weighted by molar-refractivity contribution is 7.26. The Kier molecular flexibility index (Phi) is 7.72. The van der Waals surface area contributed by atoms with Crippen LogP contribution in [-0.2, 0) is 6.42 Å². The van der Waals surface area contributed by atoms with E-state index in [-0.39, 0.29) is 18.2 Å². The summed E-state index contributed by atoms with van der Waals surface area (Å²) < 4.78 is 5.44. The number of nitrogens with two attached hydrogens (primary N) is 1. The molecule has 3 aliphatic carbocycles. The molecule has 0 saturated carbocycles. The Morgan fingerprint density at radius 3 is 2.43 bits per heavy atom. The lowest BCUT2D eigenvalue weighted by Crippen LogP contribution is -2.97. The molecule has 5 aliphatic rings. The number of benzene rings is 6. The topological polar surface area (TPSA) is 28.0 Å². The van der Waals surface area contributed by atoms with Crippen molar-refractivity contribution in [2.24, 2.45) is 0 Å². The standard InChI is InChI=1S/C55H44N4S/c1-57-53(43-22-13-21-41-40-19-7-11-27-52(40)60-54(41)43)42-20-4-8-23-46(42)56-55(57)59-49-25-10-6-18-39(49)45-33-36(29-31-51(45)59)35-28-30-50-44(32-35)38-17-5-9-24-48(38)58(50)47-26-12-15-34-14-2-3-16-37(34)47/h2-22,25-32,36,46,48,53,55-56H,23-24,33H2,1H3/p+1. The summed E-state index contributed by atoms with van der Waals surface area (Å²) in [6.45, 7) is 0. The van der Waals surface area contributed by atoms with E-state index in [9.17, 15) is 0 Å². The molecule has 4 nitrogen and oxygen atoms in total. The maximum atomic E-state index is 2.67. The lowest BCUT2D eigenvalue weighted by Gasteiger charge is -2.44. The van der Waals surface area contributed by atoms with E-state index in [0.29, 0.717) is 12.1 Å². The zero-order valence-corrected chi connectivity index (χ0v) is 34.4. The molecule has 6 aromatic carbocycles. The number of anilines is 2. The van der Waals surface area contributed by atoms with E-state index in [1.807, 2.05) is 11.3 Å². The van der Waals surface area contributed by atoms with Crippen LogP contribution in [0.1, 0.15) is 59.0 Å². The van der Waals surface area contributed by atoms with Crippen LogP contribution in [0.15, 0.2) is 175 Å². The number of hydrogen-bond acceptors (Lipinski definition) is 3. The van der Waals surface area contributed by atoms with E-state index in [2.05, 4.69) is 203 Å². The summed E-state index contributed by atoms with van der Waals surface area (Å²) in [7, 11) is 2.36. The van der Waals surface area contributed by atoms with Crippen LogP contribution in [0.3, 0.4) is 0 Å². The summed E-state index contributed by atoms with van der Waals surface area (Å²) in [4.78, 5) is 5.26. The van der Waals surface area contributed by atoms with E-state index >= 15 is 0 Å². The third-order valence-electron chi connectivity index (χ3n) is 14.2. The largest absolute Gasteiger partial charge is 0.332 e. The molecule has 2 N–H and O–H groups in total. The van der Waals surface area contributed by atoms with Gasteiger partial charge in [0.2, 0.25) is 6.29 Å². The number of para-hydroxylation sites is 1. The molecule has 5 atom stereocenters. The zero-order valence-electron chi connectivity index (χ0n) is 33.6. The Morgan fingerprint density at radius 1 is 0.700 bits per heavy atom. The maximum Gasteiger partial charge on any atom is 0.227 e. The first-order chi connectivity index (χ1) is 29.7. The second-order valence-corrected chi connectivity index (χ2v) is 18.4. The molecule has 0 spiro atoms. The SMILES string of the molecule is CN1C(c2cccc3c2sc2ccccc23)C2=CC=CCC2[NH2+]C1n1c2c(c3ccccc31)CC(c1ccc3c(c1)C1=CC=CCC1N3c1cccc3ccccc13)C=C2. The highest BCUT2D eigenvalue weighted by atomic mass is 32.1. The number of hydrogen-bond donors (Lipinski definition) is 1. The van der Waals surface area contributed by atoms with E-state index in [1.54, 1.807) is 0 Å². The number of allylic oxidation sites excluding steroid dienone is 5. The molecule has 2 aromatic heterocycles. The molecule has 1 fully saturated rings. The predicted octanol–water partition coefficient (Wildman–Crippen LogP) is 12.3. The molecule has 1 saturated heterocycles. The number of thiophene rings is 1. The third-order valence-corrected chi connectivity index (χ3v) is 15.5. The lowest BCUT2D eigenvalue weighted by atomic mass is 9.84. The highest BCUT2D eigenvalue weighted by Crippen LogP contribution is 2.51. The van der Waals surface area contributed by atoms with Crippen molar-refractivity contribution in [1.29, 1.82) is 0 Å². The first kappa shape index (κ1) is 34.6. The number of rotatable bonds is 4. The van der Waals surface area contributed by atoms with Gasteiger partial charge in [0.1, 0.15) is 6.04 Å².